The van der Waals surface area contributed by atoms with E-state index in [0.29, 0.717) is 10.8 Å². The lowest BCUT2D eigenvalue weighted by atomic mass is 10.0. The fraction of sp³-hybridized carbons (Fsp3) is 0.364. The Morgan fingerprint density at radius 3 is 2.69 bits per heavy atom. The van der Waals surface area contributed by atoms with E-state index in [1.165, 1.54) is 22.4 Å². The van der Waals surface area contributed by atoms with Crippen LogP contribution in [-0.4, -0.2) is 35.5 Å². The molecule has 1 saturated heterocycles. The number of aryl methyl sites for hydroxylation is 1. The standard InChI is InChI=1S/C22H26N4O2S/c1-15-6-8-16(9-7-15)21-23-22(29)26(24-21)14-25-12-4-5-19(25)18-11-10-17(27-2)13-20(18)28-3/h6-11,13,19H,4-5,12,14H2,1-3H3,(H,23,24,29)/p+1/t19-/m1/s1. The van der Waals surface area contributed by atoms with Crippen molar-refractivity contribution in [1.29, 1.82) is 0 Å². The number of hydrogen-bond donors (Lipinski definition) is 2. The summed E-state index contributed by atoms with van der Waals surface area (Å²) in [7, 11) is 3.39. The monoisotopic (exact) mass is 411 g/mol. The molecule has 6 nitrogen and oxygen atoms in total. The van der Waals surface area contributed by atoms with Gasteiger partial charge in [-0.3, -0.25) is 5.10 Å². The lowest BCUT2D eigenvalue weighted by Crippen LogP contribution is -3.09. The van der Waals surface area contributed by atoms with Crippen molar-refractivity contribution >= 4 is 12.2 Å². The molecule has 0 aliphatic carbocycles. The van der Waals surface area contributed by atoms with Gasteiger partial charge in [-0.2, -0.15) is 4.98 Å². The third-order valence-electron chi connectivity index (χ3n) is 5.66. The molecule has 2 aromatic carbocycles. The highest BCUT2D eigenvalue weighted by Gasteiger charge is 2.33. The Hall–Kier alpha value is -2.64. The number of hydrogen-bond acceptors (Lipinski definition) is 4. The van der Waals surface area contributed by atoms with Crippen molar-refractivity contribution < 1.29 is 14.4 Å². The van der Waals surface area contributed by atoms with Crippen molar-refractivity contribution in [3.8, 4) is 22.9 Å². The van der Waals surface area contributed by atoms with E-state index in [-0.39, 0.29) is 0 Å². The second-order valence-corrected chi connectivity index (χ2v) is 7.88. The highest BCUT2D eigenvalue weighted by atomic mass is 32.1. The maximum absolute atomic E-state index is 5.65. The lowest BCUT2D eigenvalue weighted by Gasteiger charge is -2.23. The lowest BCUT2D eigenvalue weighted by molar-refractivity contribution is -0.941. The highest BCUT2D eigenvalue weighted by molar-refractivity contribution is 7.71. The summed E-state index contributed by atoms with van der Waals surface area (Å²) in [6, 6.07) is 14.8. The van der Waals surface area contributed by atoms with Crippen LogP contribution in [0.5, 0.6) is 11.5 Å². The van der Waals surface area contributed by atoms with Gasteiger partial charge < -0.3 is 14.4 Å². The zero-order valence-electron chi connectivity index (χ0n) is 17.1. The normalized spacial score (nSPS) is 18.7. The van der Waals surface area contributed by atoms with Gasteiger partial charge >= 0.3 is 0 Å². The van der Waals surface area contributed by atoms with Crippen LogP contribution in [0.25, 0.3) is 11.4 Å². The first kappa shape index (κ1) is 19.7. The van der Waals surface area contributed by atoms with Crippen LogP contribution in [0.2, 0.25) is 0 Å². The highest BCUT2D eigenvalue weighted by Crippen LogP contribution is 2.31. The van der Waals surface area contributed by atoms with Crippen LogP contribution in [0.1, 0.15) is 30.0 Å². The Balaban J connectivity index is 1.58. The van der Waals surface area contributed by atoms with Crippen LogP contribution in [0.3, 0.4) is 0 Å². The Labute approximate surface area is 176 Å². The fourth-order valence-electron chi connectivity index (χ4n) is 4.09. The summed E-state index contributed by atoms with van der Waals surface area (Å²) < 4.78 is 13.6. The molecule has 152 valence electrons. The molecule has 1 aliphatic rings. The molecule has 0 amide bonds. The first-order valence-electron chi connectivity index (χ1n) is 9.89. The van der Waals surface area contributed by atoms with E-state index in [1.54, 1.807) is 14.2 Å². The fourth-order valence-corrected chi connectivity index (χ4v) is 4.29. The van der Waals surface area contributed by atoms with Crippen LogP contribution in [-0.2, 0) is 6.67 Å². The Morgan fingerprint density at radius 2 is 1.97 bits per heavy atom. The SMILES string of the molecule is COc1ccc([C@H]2CCC[NH+]2Cn2[nH]c(-c3ccc(C)cc3)nc2=S)c(OC)c1. The molecule has 3 aromatic rings. The summed E-state index contributed by atoms with van der Waals surface area (Å²) in [5.74, 6) is 2.50. The quantitative estimate of drug-likeness (QED) is 0.611. The van der Waals surface area contributed by atoms with Crippen LogP contribution < -0.4 is 14.4 Å². The van der Waals surface area contributed by atoms with Gasteiger partial charge in [0.25, 0.3) is 0 Å². The summed E-state index contributed by atoms with van der Waals surface area (Å²) >= 11 is 5.54. The molecule has 0 saturated carbocycles. The molecule has 0 bridgehead atoms. The van der Waals surface area contributed by atoms with E-state index >= 15 is 0 Å². The number of nitrogens with one attached hydrogen (secondary N) is 2. The molecule has 4 rings (SSSR count). The first-order chi connectivity index (χ1) is 14.1. The van der Waals surface area contributed by atoms with Gasteiger partial charge in [-0.15, -0.1) is 0 Å². The van der Waals surface area contributed by atoms with Crippen molar-refractivity contribution in [2.75, 3.05) is 20.8 Å². The van der Waals surface area contributed by atoms with Crippen molar-refractivity contribution in [2.24, 2.45) is 0 Å². The molecule has 2 heterocycles. The molecule has 29 heavy (non-hydrogen) atoms. The maximum atomic E-state index is 5.65. The number of H-pyrrole nitrogens is 1. The molecular weight excluding hydrogens is 384 g/mol. The number of likely N-dealkylation sites (tertiary alicyclic amines) is 1. The van der Waals surface area contributed by atoms with E-state index in [2.05, 4.69) is 47.3 Å². The zero-order valence-corrected chi connectivity index (χ0v) is 17.9. The van der Waals surface area contributed by atoms with E-state index < -0.39 is 0 Å². The number of rotatable bonds is 6. The number of quaternary nitrogens is 1. The van der Waals surface area contributed by atoms with E-state index in [9.17, 15) is 0 Å². The van der Waals surface area contributed by atoms with Crippen LogP contribution in [0.15, 0.2) is 42.5 Å². The van der Waals surface area contributed by atoms with Crippen LogP contribution in [0, 0.1) is 11.7 Å². The molecule has 1 unspecified atom stereocenters. The summed E-state index contributed by atoms with van der Waals surface area (Å²) in [6.07, 6.45) is 2.28. The minimum Gasteiger partial charge on any atom is -0.497 e. The summed E-state index contributed by atoms with van der Waals surface area (Å²) in [6.45, 7) is 3.91. The topological polar surface area (TPSA) is 56.5 Å². The summed E-state index contributed by atoms with van der Waals surface area (Å²) in [5.41, 5.74) is 3.49. The number of aromatic amines is 1. The van der Waals surface area contributed by atoms with Crippen LogP contribution >= 0.6 is 12.2 Å². The predicted octanol–water partition coefficient (Wildman–Crippen LogP) is 3.31. The van der Waals surface area contributed by atoms with Gasteiger partial charge in [0.2, 0.25) is 4.77 Å². The minimum absolute atomic E-state index is 0.351. The Kier molecular flexibility index (Phi) is 5.69. The Morgan fingerprint density at radius 1 is 1.17 bits per heavy atom. The smallest absolute Gasteiger partial charge is 0.221 e. The van der Waals surface area contributed by atoms with E-state index in [4.69, 9.17) is 21.7 Å². The molecule has 1 fully saturated rings. The van der Waals surface area contributed by atoms with Crippen molar-refractivity contribution in [2.45, 2.75) is 32.5 Å². The van der Waals surface area contributed by atoms with Gasteiger partial charge in [-0.05, 0) is 31.3 Å². The van der Waals surface area contributed by atoms with Gasteiger partial charge in [0, 0.05) is 24.5 Å². The molecule has 0 radical (unpaired) electrons. The number of benzene rings is 2. The average molecular weight is 412 g/mol. The number of ether oxygens (including phenoxy) is 2. The van der Waals surface area contributed by atoms with Gasteiger partial charge in [0.1, 0.15) is 17.5 Å². The molecule has 7 heteroatoms. The number of nitrogens with zero attached hydrogens (tertiary/aromatic N) is 2. The predicted molar refractivity (Wildman–Crippen MR) is 115 cm³/mol. The molecule has 1 aliphatic heterocycles. The van der Waals surface area contributed by atoms with Gasteiger partial charge in [-0.1, -0.05) is 29.8 Å². The molecule has 2 atom stereocenters. The largest absolute Gasteiger partial charge is 0.497 e. The molecular formula is C22H27N4O2S+. The second-order valence-electron chi connectivity index (χ2n) is 7.52. The molecule has 0 spiro atoms. The zero-order chi connectivity index (χ0) is 20.4. The molecule has 2 N–H and O–H groups in total. The minimum atomic E-state index is 0.351. The van der Waals surface area contributed by atoms with Crippen molar-refractivity contribution in [3.05, 3.63) is 58.4 Å². The van der Waals surface area contributed by atoms with Crippen LogP contribution in [0.4, 0.5) is 0 Å². The van der Waals surface area contributed by atoms with Crippen molar-refractivity contribution in [3.63, 3.8) is 0 Å². The number of aromatic nitrogens is 3. The van der Waals surface area contributed by atoms with E-state index in [1.807, 2.05) is 16.8 Å². The van der Waals surface area contributed by atoms with Gasteiger partial charge in [-0.25, -0.2) is 4.68 Å². The third-order valence-corrected chi connectivity index (χ3v) is 5.98. The summed E-state index contributed by atoms with van der Waals surface area (Å²) in [4.78, 5) is 6.02. The summed E-state index contributed by atoms with van der Waals surface area (Å²) in [5, 5.41) is 3.39. The average Bonchev–Trinajstić information content (AvgIpc) is 3.35. The number of methoxy groups -OCH3 is 2. The second kappa shape index (κ2) is 8.39. The third kappa shape index (κ3) is 4.06. The van der Waals surface area contributed by atoms with Gasteiger partial charge in [0.15, 0.2) is 12.5 Å². The Bertz CT molecular complexity index is 1040. The van der Waals surface area contributed by atoms with E-state index in [0.717, 1.165) is 42.5 Å². The first-order valence-corrected chi connectivity index (χ1v) is 10.3. The van der Waals surface area contributed by atoms with Crippen molar-refractivity contribution in [1.82, 2.24) is 14.8 Å². The van der Waals surface area contributed by atoms with Gasteiger partial charge in [0.05, 0.1) is 26.3 Å². The molecule has 1 aromatic heterocycles. The maximum Gasteiger partial charge on any atom is 0.221 e.